The van der Waals surface area contributed by atoms with E-state index in [1.807, 2.05) is 18.4 Å². The number of guanidine groups is 1. The van der Waals surface area contributed by atoms with Crippen LogP contribution in [0.3, 0.4) is 0 Å². The number of thiophene rings is 1. The van der Waals surface area contributed by atoms with Crippen LogP contribution < -0.4 is 10.6 Å². The molecule has 3 rings (SSSR count). The summed E-state index contributed by atoms with van der Waals surface area (Å²) in [4.78, 5) is 12.3. The fraction of sp³-hybridized carbons (Fsp3) is 0.773. The molecule has 7 nitrogen and oxygen atoms in total. The first kappa shape index (κ1) is 23.5. The van der Waals surface area contributed by atoms with Gasteiger partial charge in [-0.3, -0.25) is 9.89 Å². The Morgan fingerprint density at radius 2 is 2.00 bits per heavy atom. The number of aliphatic imine (C=N–C) groups is 1. The van der Waals surface area contributed by atoms with Gasteiger partial charge in [0.2, 0.25) is 0 Å². The molecule has 3 heterocycles. The molecule has 0 spiro atoms. The molecule has 2 N–H and O–H groups in total. The maximum Gasteiger partial charge on any atom is 0.191 e. The third-order valence-corrected chi connectivity index (χ3v) is 7.24. The van der Waals surface area contributed by atoms with Crippen LogP contribution in [-0.2, 0) is 9.47 Å². The van der Waals surface area contributed by atoms with Crippen LogP contribution in [0.4, 0.5) is 0 Å². The topological polar surface area (TPSA) is 61.4 Å². The van der Waals surface area contributed by atoms with Gasteiger partial charge in [-0.15, -0.1) is 11.3 Å². The van der Waals surface area contributed by atoms with Gasteiger partial charge in [0, 0.05) is 56.6 Å². The van der Waals surface area contributed by atoms with E-state index in [2.05, 4.69) is 44.5 Å². The van der Waals surface area contributed by atoms with Crippen molar-refractivity contribution in [1.29, 1.82) is 0 Å². The molecular weight excluding hydrogens is 398 g/mol. The SMILES string of the molecule is CN=C(NCC1CCN(CCOC)CC1)NCC(c1ccc(C)s1)N1CCOCC1. The van der Waals surface area contributed by atoms with Crippen LogP contribution in [0.25, 0.3) is 0 Å². The molecular formula is C22H39N5O2S. The molecule has 30 heavy (non-hydrogen) atoms. The maximum atomic E-state index is 5.57. The number of hydrogen-bond acceptors (Lipinski definition) is 6. The molecule has 0 aromatic carbocycles. The molecule has 0 aliphatic carbocycles. The molecule has 1 aromatic heterocycles. The Labute approximate surface area is 185 Å². The summed E-state index contributed by atoms with van der Waals surface area (Å²) in [5, 5.41) is 7.15. The third-order valence-electron chi connectivity index (χ3n) is 6.14. The van der Waals surface area contributed by atoms with Crippen molar-refractivity contribution in [1.82, 2.24) is 20.4 Å². The third kappa shape index (κ3) is 7.20. The number of likely N-dealkylation sites (tertiary alicyclic amines) is 1. The lowest BCUT2D eigenvalue weighted by molar-refractivity contribution is 0.0177. The predicted octanol–water partition coefficient (Wildman–Crippen LogP) is 1.95. The number of piperidine rings is 1. The molecule has 2 saturated heterocycles. The number of hydrogen-bond donors (Lipinski definition) is 2. The van der Waals surface area contributed by atoms with Crippen molar-refractivity contribution in [2.45, 2.75) is 25.8 Å². The summed E-state index contributed by atoms with van der Waals surface area (Å²) in [5.74, 6) is 1.61. The predicted molar refractivity (Wildman–Crippen MR) is 125 cm³/mol. The first-order chi connectivity index (χ1) is 14.7. The molecule has 1 unspecified atom stereocenters. The van der Waals surface area contributed by atoms with Gasteiger partial charge < -0.3 is 25.0 Å². The number of methoxy groups -OCH3 is 1. The highest BCUT2D eigenvalue weighted by molar-refractivity contribution is 7.12. The zero-order valence-corrected chi connectivity index (χ0v) is 19.7. The fourth-order valence-electron chi connectivity index (χ4n) is 4.22. The Balaban J connectivity index is 1.46. The monoisotopic (exact) mass is 437 g/mol. The van der Waals surface area contributed by atoms with Gasteiger partial charge in [0.15, 0.2) is 5.96 Å². The molecule has 170 valence electrons. The number of aryl methyl sites for hydroxylation is 1. The number of morpholine rings is 1. The maximum absolute atomic E-state index is 5.57. The van der Waals surface area contributed by atoms with Crippen molar-refractivity contribution in [3.8, 4) is 0 Å². The van der Waals surface area contributed by atoms with E-state index in [1.165, 1.54) is 35.7 Å². The lowest BCUT2D eigenvalue weighted by atomic mass is 9.97. The highest BCUT2D eigenvalue weighted by atomic mass is 32.1. The highest BCUT2D eigenvalue weighted by Gasteiger charge is 2.24. The van der Waals surface area contributed by atoms with E-state index in [-0.39, 0.29) is 0 Å². The minimum atomic E-state index is 0.357. The Morgan fingerprint density at radius 1 is 1.23 bits per heavy atom. The van der Waals surface area contributed by atoms with Crippen LogP contribution in [0.1, 0.15) is 28.6 Å². The minimum Gasteiger partial charge on any atom is -0.383 e. The standard InChI is InChI=1S/C22H39N5O2S/c1-18-4-5-21(30-18)20(27-11-14-29-15-12-27)17-25-22(23-2)24-16-19-6-8-26(9-7-19)10-13-28-3/h4-5,19-20H,6-17H2,1-3H3,(H2,23,24,25). The molecule has 2 aliphatic rings. The summed E-state index contributed by atoms with van der Waals surface area (Å²) in [6.07, 6.45) is 2.47. The Kier molecular flexibility index (Phi) is 9.87. The Hall–Kier alpha value is -1.19. The van der Waals surface area contributed by atoms with Crippen LogP contribution in [0.5, 0.6) is 0 Å². The molecule has 0 radical (unpaired) electrons. The Bertz CT molecular complexity index is 639. The van der Waals surface area contributed by atoms with E-state index in [9.17, 15) is 0 Å². The second kappa shape index (κ2) is 12.6. The van der Waals surface area contributed by atoms with Crippen LogP contribution in [0, 0.1) is 12.8 Å². The lowest BCUT2D eigenvalue weighted by Gasteiger charge is -2.34. The molecule has 8 heteroatoms. The number of nitrogens with one attached hydrogen (secondary N) is 2. The van der Waals surface area contributed by atoms with Gasteiger partial charge in [-0.1, -0.05) is 0 Å². The van der Waals surface area contributed by atoms with Crippen LogP contribution in [0.2, 0.25) is 0 Å². The zero-order chi connectivity index (χ0) is 21.2. The van der Waals surface area contributed by atoms with Crippen molar-refractivity contribution in [2.75, 3.05) is 79.8 Å². The average molecular weight is 438 g/mol. The van der Waals surface area contributed by atoms with Gasteiger partial charge in [0.05, 0.1) is 25.9 Å². The van der Waals surface area contributed by atoms with Crippen molar-refractivity contribution in [3.05, 3.63) is 21.9 Å². The van der Waals surface area contributed by atoms with Gasteiger partial charge in [-0.05, 0) is 50.9 Å². The summed E-state index contributed by atoms with van der Waals surface area (Å²) in [7, 11) is 3.64. The van der Waals surface area contributed by atoms with Crippen molar-refractivity contribution < 1.29 is 9.47 Å². The van der Waals surface area contributed by atoms with E-state index in [1.54, 1.807) is 7.11 Å². The zero-order valence-electron chi connectivity index (χ0n) is 18.9. The normalized spacial score (nSPS) is 21.0. The van der Waals surface area contributed by atoms with Gasteiger partial charge in [-0.2, -0.15) is 0 Å². The van der Waals surface area contributed by atoms with E-state index in [0.717, 1.165) is 58.5 Å². The second-order valence-corrected chi connectivity index (χ2v) is 9.54. The Morgan fingerprint density at radius 3 is 2.63 bits per heavy atom. The number of ether oxygens (including phenoxy) is 2. The van der Waals surface area contributed by atoms with Gasteiger partial charge >= 0.3 is 0 Å². The smallest absolute Gasteiger partial charge is 0.191 e. The van der Waals surface area contributed by atoms with E-state index in [4.69, 9.17) is 9.47 Å². The van der Waals surface area contributed by atoms with E-state index >= 15 is 0 Å². The number of rotatable bonds is 9. The molecule has 1 aromatic rings. The largest absolute Gasteiger partial charge is 0.383 e. The van der Waals surface area contributed by atoms with Crippen molar-refractivity contribution in [3.63, 3.8) is 0 Å². The average Bonchev–Trinajstić information content (AvgIpc) is 3.22. The van der Waals surface area contributed by atoms with Crippen LogP contribution in [-0.4, -0.2) is 95.6 Å². The molecule has 0 bridgehead atoms. The highest BCUT2D eigenvalue weighted by Crippen LogP contribution is 2.27. The summed E-state index contributed by atoms with van der Waals surface area (Å²) < 4.78 is 10.8. The van der Waals surface area contributed by atoms with Crippen LogP contribution >= 0.6 is 11.3 Å². The number of nitrogens with zero attached hydrogens (tertiary/aromatic N) is 3. The van der Waals surface area contributed by atoms with Crippen molar-refractivity contribution >= 4 is 17.3 Å². The van der Waals surface area contributed by atoms with Crippen molar-refractivity contribution in [2.24, 2.45) is 10.9 Å². The summed E-state index contributed by atoms with van der Waals surface area (Å²) in [5.41, 5.74) is 0. The summed E-state index contributed by atoms with van der Waals surface area (Å²) in [6.45, 7) is 11.8. The molecule has 2 aliphatic heterocycles. The van der Waals surface area contributed by atoms with Gasteiger partial charge in [0.25, 0.3) is 0 Å². The van der Waals surface area contributed by atoms with E-state index in [0.29, 0.717) is 12.0 Å². The molecule has 0 amide bonds. The summed E-state index contributed by atoms with van der Waals surface area (Å²) in [6, 6.07) is 4.85. The first-order valence-corrected chi connectivity index (χ1v) is 12.0. The first-order valence-electron chi connectivity index (χ1n) is 11.2. The van der Waals surface area contributed by atoms with E-state index < -0.39 is 0 Å². The molecule has 2 fully saturated rings. The fourth-order valence-corrected chi connectivity index (χ4v) is 5.23. The van der Waals surface area contributed by atoms with Crippen LogP contribution in [0.15, 0.2) is 17.1 Å². The molecule has 1 atom stereocenters. The lowest BCUT2D eigenvalue weighted by Crippen LogP contribution is -2.47. The van der Waals surface area contributed by atoms with Gasteiger partial charge in [-0.25, -0.2) is 0 Å². The second-order valence-electron chi connectivity index (χ2n) is 8.22. The summed E-state index contributed by atoms with van der Waals surface area (Å²) >= 11 is 1.89. The molecule has 0 saturated carbocycles. The quantitative estimate of drug-likeness (QED) is 0.455. The van der Waals surface area contributed by atoms with Gasteiger partial charge in [0.1, 0.15) is 0 Å². The minimum absolute atomic E-state index is 0.357.